The van der Waals surface area contributed by atoms with Crippen molar-refractivity contribution in [1.29, 1.82) is 0 Å². The van der Waals surface area contributed by atoms with Crippen LogP contribution in [0, 0.1) is 0 Å². The largest absolute Gasteiger partial charge is 0.385 e. The molecule has 1 aromatic heterocycles. The molecule has 0 aliphatic rings. The summed E-state index contributed by atoms with van der Waals surface area (Å²) in [5.74, 6) is 0.655. The number of benzene rings is 1. The van der Waals surface area contributed by atoms with Crippen molar-refractivity contribution < 1.29 is 5.11 Å². The van der Waals surface area contributed by atoms with Crippen molar-refractivity contribution in [3.8, 4) is 0 Å². The lowest BCUT2D eigenvalue weighted by Gasteiger charge is -2.03. The van der Waals surface area contributed by atoms with E-state index >= 15 is 0 Å². The molecule has 0 radical (unpaired) electrons. The maximum Gasteiger partial charge on any atom is 0.138 e. The van der Waals surface area contributed by atoms with Gasteiger partial charge in [0.2, 0.25) is 0 Å². The van der Waals surface area contributed by atoms with Gasteiger partial charge in [0.1, 0.15) is 11.9 Å². The van der Waals surface area contributed by atoms with Gasteiger partial charge in [0, 0.05) is 12.1 Å². The minimum absolute atomic E-state index is 0.564. The average Bonchev–Trinajstić information content (AvgIpc) is 2.44. The summed E-state index contributed by atoms with van der Waals surface area (Å²) < 4.78 is 1.85. The predicted molar refractivity (Wildman–Crippen MR) is 56.4 cm³/mol. The Morgan fingerprint density at radius 2 is 2.21 bits per heavy atom. The maximum atomic E-state index is 9.46. The highest BCUT2D eigenvalue weighted by Gasteiger charge is 2.11. The summed E-state index contributed by atoms with van der Waals surface area (Å²) in [5.41, 5.74) is 1.79. The molecule has 0 unspecified atom stereocenters. The van der Waals surface area contributed by atoms with Crippen LogP contribution in [-0.4, -0.2) is 14.7 Å². The highest BCUT2D eigenvalue weighted by molar-refractivity contribution is 6.31. The van der Waals surface area contributed by atoms with Crippen LogP contribution in [0.2, 0.25) is 5.02 Å². The van der Waals surface area contributed by atoms with Crippen LogP contribution in [0.15, 0.2) is 18.2 Å². The molecule has 1 heterocycles. The molecule has 0 saturated heterocycles. The first-order valence-electron chi connectivity index (χ1n) is 4.39. The Morgan fingerprint density at radius 3 is 2.86 bits per heavy atom. The van der Waals surface area contributed by atoms with Crippen molar-refractivity contribution in [3.05, 3.63) is 29.0 Å². The Kier molecular flexibility index (Phi) is 2.21. The lowest BCUT2D eigenvalue weighted by atomic mass is 10.3. The van der Waals surface area contributed by atoms with Crippen LogP contribution in [0.5, 0.6) is 0 Å². The van der Waals surface area contributed by atoms with Crippen molar-refractivity contribution in [2.24, 2.45) is 7.05 Å². The number of halogens is 1. The molecule has 0 saturated carbocycles. The molecular weight excluding hydrogens is 200 g/mol. The molecule has 4 heteroatoms. The van der Waals surface area contributed by atoms with Crippen molar-refractivity contribution in [2.75, 3.05) is 0 Å². The van der Waals surface area contributed by atoms with E-state index in [1.165, 1.54) is 0 Å². The molecule has 2 rings (SSSR count). The summed E-state index contributed by atoms with van der Waals surface area (Å²) in [6, 6.07) is 5.49. The van der Waals surface area contributed by atoms with Gasteiger partial charge >= 0.3 is 0 Å². The van der Waals surface area contributed by atoms with Crippen molar-refractivity contribution in [3.63, 3.8) is 0 Å². The van der Waals surface area contributed by atoms with Gasteiger partial charge < -0.3 is 9.67 Å². The van der Waals surface area contributed by atoms with Gasteiger partial charge in [0.25, 0.3) is 0 Å². The first-order valence-corrected chi connectivity index (χ1v) is 4.77. The molecule has 2 aromatic rings. The number of imidazole rings is 1. The van der Waals surface area contributed by atoms with Gasteiger partial charge in [-0.25, -0.2) is 4.98 Å². The van der Waals surface area contributed by atoms with Crippen LogP contribution in [0.4, 0.5) is 0 Å². The first-order chi connectivity index (χ1) is 6.59. The van der Waals surface area contributed by atoms with Gasteiger partial charge in [0.15, 0.2) is 0 Å². The fourth-order valence-corrected chi connectivity index (χ4v) is 1.72. The smallest absolute Gasteiger partial charge is 0.138 e. The van der Waals surface area contributed by atoms with Crippen molar-refractivity contribution in [1.82, 2.24) is 9.55 Å². The van der Waals surface area contributed by atoms with Crippen LogP contribution in [0.1, 0.15) is 18.9 Å². The predicted octanol–water partition coefficient (Wildman–Crippen LogP) is 2.28. The second-order valence-corrected chi connectivity index (χ2v) is 3.77. The number of aliphatic hydroxyl groups excluding tert-OH is 1. The van der Waals surface area contributed by atoms with Gasteiger partial charge in [-0.2, -0.15) is 0 Å². The zero-order chi connectivity index (χ0) is 10.3. The third-order valence-electron chi connectivity index (χ3n) is 2.25. The number of rotatable bonds is 1. The Labute approximate surface area is 86.9 Å². The lowest BCUT2D eigenvalue weighted by Crippen LogP contribution is -2.01. The molecule has 0 aliphatic heterocycles. The third-order valence-corrected chi connectivity index (χ3v) is 2.49. The number of fused-ring (bicyclic) bond motifs is 1. The van der Waals surface area contributed by atoms with Crippen LogP contribution < -0.4 is 0 Å². The number of hydrogen-bond donors (Lipinski definition) is 1. The summed E-state index contributed by atoms with van der Waals surface area (Å²) in [4.78, 5) is 4.31. The number of aliphatic hydroxyl groups is 1. The average molecular weight is 211 g/mol. The molecule has 0 amide bonds. The van der Waals surface area contributed by atoms with E-state index in [9.17, 15) is 5.11 Å². The Hall–Kier alpha value is -1.06. The third kappa shape index (κ3) is 1.38. The van der Waals surface area contributed by atoms with Gasteiger partial charge in [0.05, 0.1) is 11.0 Å². The highest BCUT2D eigenvalue weighted by Crippen LogP contribution is 2.22. The fourth-order valence-electron chi connectivity index (χ4n) is 1.56. The second-order valence-electron chi connectivity index (χ2n) is 3.34. The minimum atomic E-state index is -0.564. The first kappa shape index (κ1) is 9.49. The van der Waals surface area contributed by atoms with Crippen molar-refractivity contribution >= 4 is 22.6 Å². The molecule has 0 bridgehead atoms. The Balaban J connectivity index is 2.74. The number of aryl methyl sites for hydroxylation is 1. The quantitative estimate of drug-likeness (QED) is 0.784. The van der Waals surface area contributed by atoms with E-state index in [1.807, 2.05) is 23.7 Å². The van der Waals surface area contributed by atoms with E-state index in [0.29, 0.717) is 10.8 Å². The molecule has 1 atom stereocenters. The lowest BCUT2D eigenvalue weighted by molar-refractivity contribution is 0.186. The molecule has 74 valence electrons. The van der Waals surface area contributed by atoms with E-state index in [1.54, 1.807) is 13.0 Å². The van der Waals surface area contributed by atoms with Crippen LogP contribution in [0.3, 0.4) is 0 Å². The van der Waals surface area contributed by atoms with Gasteiger partial charge in [-0.15, -0.1) is 0 Å². The molecule has 1 aromatic carbocycles. The fraction of sp³-hybridized carbons (Fsp3) is 0.300. The van der Waals surface area contributed by atoms with Crippen molar-refractivity contribution in [2.45, 2.75) is 13.0 Å². The zero-order valence-electron chi connectivity index (χ0n) is 8.03. The number of nitrogens with zero attached hydrogens (tertiary/aromatic N) is 2. The molecule has 0 fully saturated rings. The standard InChI is InChI=1S/C10H11ClN2O/c1-6(14)10-12-8-4-3-7(11)5-9(8)13(10)2/h3-6,14H,1-2H3/t6-/m0/s1. The van der Waals surface area contributed by atoms with E-state index < -0.39 is 6.10 Å². The van der Waals surface area contributed by atoms with Crippen LogP contribution in [-0.2, 0) is 7.05 Å². The number of aromatic nitrogens is 2. The van der Waals surface area contributed by atoms with Crippen LogP contribution in [0.25, 0.3) is 11.0 Å². The zero-order valence-corrected chi connectivity index (χ0v) is 8.78. The molecule has 1 N–H and O–H groups in total. The molecule has 0 spiro atoms. The van der Waals surface area contributed by atoms with E-state index in [-0.39, 0.29) is 0 Å². The van der Waals surface area contributed by atoms with Crippen LogP contribution >= 0.6 is 11.6 Å². The normalized spacial score (nSPS) is 13.4. The second kappa shape index (κ2) is 3.26. The molecule has 0 aliphatic carbocycles. The molecule has 14 heavy (non-hydrogen) atoms. The summed E-state index contributed by atoms with van der Waals surface area (Å²) in [6.45, 7) is 1.70. The number of hydrogen-bond acceptors (Lipinski definition) is 2. The van der Waals surface area contributed by atoms with Gasteiger partial charge in [-0.1, -0.05) is 11.6 Å². The Bertz CT molecular complexity index is 476. The summed E-state index contributed by atoms with van der Waals surface area (Å²) in [5, 5.41) is 10.1. The van der Waals surface area contributed by atoms with Gasteiger partial charge in [-0.3, -0.25) is 0 Å². The van der Waals surface area contributed by atoms with E-state index in [4.69, 9.17) is 11.6 Å². The monoisotopic (exact) mass is 210 g/mol. The maximum absolute atomic E-state index is 9.46. The highest BCUT2D eigenvalue weighted by atomic mass is 35.5. The van der Waals surface area contributed by atoms with Gasteiger partial charge in [-0.05, 0) is 25.1 Å². The van der Waals surface area contributed by atoms with E-state index in [2.05, 4.69) is 4.98 Å². The Morgan fingerprint density at radius 1 is 1.50 bits per heavy atom. The topological polar surface area (TPSA) is 38.1 Å². The summed E-state index contributed by atoms with van der Waals surface area (Å²) >= 11 is 5.88. The van der Waals surface area contributed by atoms with E-state index in [0.717, 1.165) is 11.0 Å². The molecule has 3 nitrogen and oxygen atoms in total. The molecular formula is C10H11ClN2O. The SMILES string of the molecule is C[C@H](O)c1nc2ccc(Cl)cc2n1C. The minimum Gasteiger partial charge on any atom is -0.385 e. The summed E-state index contributed by atoms with van der Waals surface area (Å²) in [7, 11) is 1.87. The summed E-state index contributed by atoms with van der Waals surface area (Å²) in [6.07, 6.45) is -0.564.